The van der Waals surface area contributed by atoms with E-state index in [-0.39, 0.29) is 31.8 Å². The maximum absolute atomic E-state index is 13.7. The molecule has 4 rings (SSSR count). The van der Waals surface area contributed by atoms with Crippen LogP contribution in [0.15, 0.2) is 84.9 Å². The summed E-state index contributed by atoms with van der Waals surface area (Å²) in [5.74, 6) is -1.45. The van der Waals surface area contributed by atoms with Gasteiger partial charge in [0.1, 0.15) is 24.3 Å². The van der Waals surface area contributed by atoms with E-state index in [4.69, 9.17) is 14.7 Å². The Bertz CT molecular complexity index is 1470. The first-order valence-electron chi connectivity index (χ1n) is 14.0. The Morgan fingerprint density at radius 3 is 1.93 bits per heavy atom. The van der Waals surface area contributed by atoms with Crippen LogP contribution in [0.3, 0.4) is 0 Å². The van der Waals surface area contributed by atoms with Crippen molar-refractivity contribution in [2.45, 2.75) is 57.0 Å². The minimum atomic E-state index is -1.09. The van der Waals surface area contributed by atoms with E-state index in [1.807, 2.05) is 54.6 Å². The highest BCUT2D eigenvalue weighted by molar-refractivity contribution is 5.98. The highest BCUT2D eigenvalue weighted by Gasteiger charge is 2.50. The third-order valence-electron chi connectivity index (χ3n) is 7.11. The summed E-state index contributed by atoms with van der Waals surface area (Å²) in [4.78, 5) is 52.5. The van der Waals surface area contributed by atoms with Gasteiger partial charge in [-0.3, -0.25) is 14.4 Å². The molecule has 222 valence electrons. The number of hydrogen-bond acceptors (Lipinski definition) is 7. The number of nitriles is 1. The molecule has 1 saturated heterocycles. The lowest BCUT2D eigenvalue weighted by Crippen LogP contribution is -2.57. The van der Waals surface area contributed by atoms with Crippen LogP contribution in [0.4, 0.5) is 4.79 Å². The summed E-state index contributed by atoms with van der Waals surface area (Å²) in [6, 6.07) is 24.0. The van der Waals surface area contributed by atoms with Gasteiger partial charge in [0.05, 0.1) is 24.3 Å². The monoisotopic (exact) mass is 582 g/mol. The van der Waals surface area contributed by atoms with Gasteiger partial charge in [0.2, 0.25) is 11.8 Å². The maximum Gasteiger partial charge on any atom is 0.408 e. The summed E-state index contributed by atoms with van der Waals surface area (Å²) in [7, 11) is 0. The molecule has 4 unspecified atom stereocenters. The molecular formula is C33H34N4O6. The van der Waals surface area contributed by atoms with E-state index >= 15 is 0 Å². The number of nitrogens with zero attached hydrogens (tertiary/aromatic N) is 1. The van der Waals surface area contributed by atoms with Gasteiger partial charge in [-0.25, -0.2) is 4.79 Å². The van der Waals surface area contributed by atoms with Crippen molar-refractivity contribution in [3.63, 3.8) is 0 Å². The summed E-state index contributed by atoms with van der Waals surface area (Å²) in [6.45, 7) is 3.45. The van der Waals surface area contributed by atoms with Crippen LogP contribution in [0, 0.1) is 11.3 Å². The van der Waals surface area contributed by atoms with Crippen molar-refractivity contribution in [1.82, 2.24) is 16.0 Å². The summed E-state index contributed by atoms with van der Waals surface area (Å²) in [5.41, 5.74) is 1.80. The Kier molecular flexibility index (Phi) is 10.3. The molecule has 3 aromatic rings. The van der Waals surface area contributed by atoms with Gasteiger partial charge in [-0.05, 0) is 49.1 Å². The fraction of sp³-hybridized carbons (Fsp3) is 0.303. The van der Waals surface area contributed by atoms with Gasteiger partial charge in [0.15, 0.2) is 5.78 Å². The van der Waals surface area contributed by atoms with E-state index in [9.17, 15) is 19.2 Å². The largest absolute Gasteiger partial charge is 0.445 e. The van der Waals surface area contributed by atoms with Crippen molar-refractivity contribution in [3.8, 4) is 6.07 Å². The zero-order valence-electron chi connectivity index (χ0n) is 24.0. The standard InChI is InChI=1S/C33H34N4O6/c1-22(35-32(41)42-20-26-11-7-4-8-12-26)30(39)37-28(18-24-13-15-25(19-34)16-14-24)31(40)36-27(29(38)33(2)21-43-33)17-23-9-5-3-6-10-23/h3-16,22,27-28H,17-18,20-21H2,1-2H3,(H,35,41)(H,36,40)(H,37,39). The normalized spacial score (nSPS) is 17.3. The van der Waals surface area contributed by atoms with Crippen LogP contribution in [-0.4, -0.2) is 54.0 Å². The SMILES string of the molecule is CC(NC(=O)OCc1ccccc1)C(=O)NC(Cc1ccc(C#N)cc1)C(=O)NC(Cc1ccccc1)C(=O)C1(C)CO1. The molecule has 1 aliphatic heterocycles. The molecule has 0 saturated carbocycles. The number of nitrogens with one attached hydrogen (secondary N) is 3. The number of ketones is 1. The third kappa shape index (κ3) is 8.99. The van der Waals surface area contributed by atoms with E-state index in [0.717, 1.165) is 11.1 Å². The fourth-order valence-corrected chi connectivity index (χ4v) is 4.41. The Hall–Kier alpha value is -5.01. The molecule has 0 bridgehead atoms. The van der Waals surface area contributed by atoms with E-state index in [0.29, 0.717) is 11.1 Å². The zero-order valence-corrected chi connectivity index (χ0v) is 24.0. The van der Waals surface area contributed by atoms with Crippen molar-refractivity contribution in [1.29, 1.82) is 5.26 Å². The quantitative estimate of drug-likeness (QED) is 0.262. The van der Waals surface area contributed by atoms with Crippen LogP contribution in [0.25, 0.3) is 0 Å². The minimum Gasteiger partial charge on any atom is -0.445 e. The van der Waals surface area contributed by atoms with Crippen LogP contribution in [0.5, 0.6) is 0 Å². The molecular weight excluding hydrogens is 548 g/mol. The molecule has 10 nitrogen and oxygen atoms in total. The lowest BCUT2D eigenvalue weighted by Gasteiger charge is -2.25. The van der Waals surface area contributed by atoms with Gasteiger partial charge in [-0.1, -0.05) is 72.8 Å². The van der Waals surface area contributed by atoms with Gasteiger partial charge < -0.3 is 25.4 Å². The molecule has 0 radical (unpaired) electrons. The molecule has 3 N–H and O–H groups in total. The second kappa shape index (κ2) is 14.2. The van der Waals surface area contributed by atoms with Gasteiger partial charge in [0, 0.05) is 6.42 Å². The number of epoxide rings is 1. The van der Waals surface area contributed by atoms with Gasteiger partial charge >= 0.3 is 6.09 Å². The fourth-order valence-electron chi connectivity index (χ4n) is 4.41. The molecule has 0 aromatic heterocycles. The number of Topliss-reactive ketones (excluding diaryl/α,β-unsaturated/α-hetero) is 1. The number of carbonyl (C=O) groups excluding carboxylic acids is 4. The zero-order chi connectivity index (χ0) is 30.8. The Morgan fingerprint density at radius 1 is 0.814 bits per heavy atom. The number of alkyl carbamates (subject to hydrolysis) is 1. The predicted molar refractivity (Wildman–Crippen MR) is 157 cm³/mol. The van der Waals surface area contributed by atoms with Crippen LogP contribution >= 0.6 is 0 Å². The summed E-state index contributed by atoms with van der Waals surface area (Å²) in [5, 5.41) is 17.2. The van der Waals surface area contributed by atoms with Crippen LogP contribution in [0.2, 0.25) is 0 Å². The highest BCUT2D eigenvalue weighted by Crippen LogP contribution is 2.29. The number of hydrogen-bond donors (Lipinski definition) is 3. The topological polar surface area (TPSA) is 150 Å². The maximum atomic E-state index is 13.7. The molecule has 1 aliphatic rings. The van der Waals surface area contributed by atoms with E-state index in [1.165, 1.54) is 6.92 Å². The lowest BCUT2D eigenvalue weighted by atomic mass is 9.94. The molecule has 0 aliphatic carbocycles. The number of ether oxygens (including phenoxy) is 2. The highest BCUT2D eigenvalue weighted by atomic mass is 16.6. The van der Waals surface area contributed by atoms with E-state index in [2.05, 4.69) is 16.0 Å². The van der Waals surface area contributed by atoms with Crippen molar-refractivity contribution < 1.29 is 28.7 Å². The predicted octanol–water partition coefficient (Wildman–Crippen LogP) is 2.99. The third-order valence-corrected chi connectivity index (χ3v) is 7.11. The van der Waals surface area contributed by atoms with E-state index in [1.54, 1.807) is 43.3 Å². The second-order valence-electron chi connectivity index (χ2n) is 10.6. The minimum absolute atomic E-state index is 0.0319. The van der Waals surface area contributed by atoms with Gasteiger partial charge in [-0.2, -0.15) is 5.26 Å². The van der Waals surface area contributed by atoms with Crippen molar-refractivity contribution >= 4 is 23.7 Å². The molecule has 3 amide bonds. The molecule has 1 heterocycles. The Labute approximate surface area is 250 Å². The van der Waals surface area contributed by atoms with Crippen molar-refractivity contribution in [2.75, 3.05) is 6.61 Å². The Morgan fingerprint density at radius 2 is 1.35 bits per heavy atom. The molecule has 4 atom stereocenters. The Balaban J connectivity index is 1.46. The van der Waals surface area contributed by atoms with Gasteiger partial charge in [0.25, 0.3) is 0 Å². The smallest absolute Gasteiger partial charge is 0.408 e. The lowest BCUT2D eigenvalue weighted by molar-refractivity contribution is -0.133. The average Bonchev–Trinajstić information content (AvgIpc) is 3.78. The van der Waals surface area contributed by atoms with Crippen LogP contribution in [-0.2, 0) is 43.3 Å². The van der Waals surface area contributed by atoms with Crippen molar-refractivity contribution in [3.05, 3.63) is 107 Å². The number of benzene rings is 3. The second-order valence-corrected chi connectivity index (χ2v) is 10.6. The molecule has 0 spiro atoms. The number of rotatable bonds is 13. The molecule has 3 aromatic carbocycles. The number of amides is 3. The summed E-state index contributed by atoms with van der Waals surface area (Å²) < 4.78 is 10.6. The van der Waals surface area contributed by atoms with Gasteiger partial charge in [-0.15, -0.1) is 0 Å². The van der Waals surface area contributed by atoms with Crippen LogP contribution < -0.4 is 16.0 Å². The van der Waals surface area contributed by atoms with E-state index < -0.39 is 41.6 Å². The first kappa shape index (κ1) is 30.9. The van der Waals surface area contributed by atoms with Crippen molar-refractivity contribution in [2.24, 2.45) is 0 Å². The molecule has 10 heteroatoms. The van der Waals surface area contributed by atoms with Crippen LogP contribution in [0.1, 0.15) is 36.1 Å². The molecule has 43 heavy (non-hydrogen) atoms. The molecule has 1 fully saturated rings. The summed E-state index contributed by atoms with van der Waals surface area (Å²) in [6.07, 6.45) is -0.465. The first-order valence-corrected chi connectivity index (χ1v) is 14.0. The number of carbonyl (C=O) groups is 4. The summed E-state index contributed by atoms with van der Waals surface area (Å²) >= 11 is 0. The first-order chi connectivity index (χ1) is 20.7. The average molecular weight is 583 g/mol.